The molecule has 1 heterocycles. The highest BCUT2D eigenvalue weighted by Crippen LogP contribution is 2.23. The van der Waals surface area contributed by atoms with E-state index in [0.717, 1.165) is 11.3 Å². The Bertz CT molecular complexity index is 638. The van der Waals surface area contributed by atoms with Crippen LogP contribution in [-0.2, 0) is 10.0 Å². The lowest BCUT2D eigenvalue weighted by molar-refractivity contribution is 0.259. The fraction of sp³-hybridized carbons (Fsp3) is 0.167. The monoisotopic (exact) mass is 298 g/mol. The molecule has 0 unspecified atom stereocenters. The highest BCUT2D eigenvalue weighted by atomic mass is 32.2. The third-order valence-corrected chi connectivity index (χ3v) is 5.47. The van der Waals surface area contributed by atoms with Crippen LogP contribution in [0.3, 0.4) is 0 Å². The molecule has 19 heavy (non-hydrogen) atoms. The summed E-state index contributed by atoms with van der Waals surface area (Å²) in [5.74, 6) is 0. The van der Waals surface area contributed by atoms with Crippen molar-refractivity contribution in [1.29, 1.82) is 0 Å². The fourth-order valence-corrected chi connectivity index (χ4v) is 3.92. The number of aliphatic hydroxyl groups is 1. The second-order valence-electron chi connectivity index (χ2n) is 3.97. The molecular weight excluding hydrogens is 284 g/mol. The van der Waals surface area contributed by atoms with E-state index in [0.29, 0.717) is 11.3 Å². The summed E-state index contributed by atoms with van der Waals surface area (Å²) in [6, 6.07) is 9.64. The van der Waals surface area contributed by atoms with Crippen LogP contribution in [0.5, 0.6) is 0 Å². The quantitative estimate of drug-likeness (QED) is 0.776. The standard InChI is InChI=1S/C12H14N2O3S2/c13-10-6-12(18-8-10)19(16,17)14-11(7-15)9-4-2-1-3-5-9/h1-6,8,11,14-15H,7,13H2/t11-/m0/s1. The van der Waals surface area contributed by atoms with Gasteiger partial charge in [-0.05, 0) is 11.6 Å². The summed E-state index contributed by atoms with van der Waals surface area (Å²) >= 11 is 1.05. The van der Waals surface area contributed by atoms with Gasteiger partial charge in [-0.3, -0.25) is 0 Å². The van der Waals surface area contributed by atoms with Crippen molar-refractivity contribution >= 4 is 27.0 Å². The van der Waals surface area contributed by atoms with Crippen LogP contribution < -0.4 is 10.5 Å². The largest absolute Gasteiger partial charge is 0.398 e. The molecule has 0 amide bonds. The fourth-order valence-electron chi connectivity index (χ4n) is 1.61. The first-order chi connectivity index (χ1) is 9.03. The van der Waals surface area contributed by atoms with E-state index < -0.39 is 16.1 Å². The van der Waals surface area contributed by atoms with Crippen LogP contribution in [0.1, 0.15) is 11.6 Å². The Balaban J connectivity index is 2.23. The van der Waals surface area contributed by atoms with Crippen molar-refractivity contribution < 1.29 is 13.5 Å². The molecule has 7 heteroatoms. The van der Waals surface area contributed by atoms with Gasteiger partial charge in [-0.15, -0.1) is 11.3 Å². The third-order valence-electron chi connectivity index (χ3n) is 2.54. The van der Waals surface area contributed by atoms with Crippen molar-refractivity contribution in [2.75, 3.05) is 12.3 Å². The maximum atomic E-state index is 12.1. The van der Waals surface area contributed by atoms with Gasteiger partial charge in [-0.25, -0.2) is 13.1 Å². The minimum absolute atomic E-state index is 0.138. The number of benzene rings is 1. The van der Waals surface area contributed by atoms with Gasteiger partial charge >= 0.3 is 0 Å². The molecule has 0 spiro atoms. The minimum Gasteiger partial charge on any atom is -0.398 e. The number of hydrogen-bond donors (Lipinski definition) is 3. The summed E-state index contributed by atoms with van der Waals surface area (Å²) < 4.78 is 26.8. The van der Waals surface area contributed by atoms with Gasteiger partial charge in [0.1, 0.15) is 4.21 Å². The van der Waals surface area contributed by atoms with Gasteiger partial charge in [-0.1, -0.05) is 30.3 Å². The molecular formula is C12H14N2O3S2. The normalized spacial score (nSPS) is 13.3. The number of thiophene rings is 1. The maximum Gasteiger partial charge on any atom is 0.250 e. The molecule has 0 radical (unpaired) electrons. The number of rotatable bonds is 5. The number of nitrogens with two attached hydrogens (primary N) is 1. The number of aliphatic hydroxyl groups excluding tert-OH is 1. The van der Waals surface area contributed by atoms with E-state index in [9.17, 15) is 13.5 Å². The summed E-state index contributed by atoms with van der Waals surface area (Å²) in [7, 11) is -3.67. The summed E-state index contributed by atoms with van der Waals surface area (Å²) in [6.45, 7) is -0.315. The minimum atomic E-state index is -3.67. The third kappa shape index (κ3) is 3.32. The van der Waals surface area contributed by atoms with Crippen LogP contribution in [0.4, 0.5) is 5.69 Å². The second-order valence-corrected chi connectivity index (χ2v) is 6.82. The lowest BCUT2D eigenvalue weighted by Crippen LogP contribution is -2.30. The van der Waals surface area contributed by atoms with Crippen molar-refractivity contribution in [1.82, 2.24) is 4.72 Å². The van der Waals surface area contributed by atoms with Gasteiger partial charge in [-0.2, -0.15) is 0 Å². The molecule has 0 bridgehead atoms. The molecule has 1 atom stereocenters. The lowest BCUT2D eigenvalue weighted by Gasteiger charge is -2.16. The van der Waals surface area contributed by atoms with E-state index in [1.165, 1.54) is 6.07 Å². The second kappa shape index (κ2) is 5.70. The van der Waals surface area contributed by atoms with Crippen LogP contribution in [0.15, 0.2) is 46.0 Å². The van der Waals surface area contributed by atoms with Crippen molar-refractivity contribution in [3.05, 3.63) is 47.3 Å². The maximum absolute atomic E-state index is 12.1. The smallest absolute Gasteiger partial charge is 0.250 e. The Hall–Kier alpha value is -1.41. The molecule has 0 aliphatic rings. The summed E-state index contributed by atoms with van der Waals surface area (Å²) in [5, 5.41) is 10.9. The lowest BCUT2D eigenvalue weighted by atomic mass is 10.1. The predicted octanol–water partition coefficient (Wildman–Crippen LogP) is 1.34. The Kier molecular flexibility index (Phi) is 4.20. The van der Waals surface area contributed by atoms with Crippen LogP contribution in [0.2, 0.25) is 0 Å². The molecule has 2 aromatic rings. The van der Waals surface area contributed by atoms with Crippen LogP contribution in [0.25, 0.3) is 0 Å². The van der Waals surface area contributed by atoms with Gasteiger partial charge in [0.25, 0.3) is 10.0 Å². The van der Waals surface area contributed by atoms with E-state index in [2.05, 4.69) is 4.72 Å². The Labute approximate surface area is 115 Å². The molecule has 1 aromatic carbocycles. The number of hydrogen-bond acceptors (Lipinski definition) is 5. The van der Waals surface area contributed by atoms with Gasteiger partial charge in [0.2, 0.25) is 0 Å². The molecule has 1 aromatic heterocycles. The zero-order chi connectivity index (χ0) is 13.9. The molecule has 0 saturated carbocycles. The SMILES string of the molecule is Nc1csc(S(=O)(=O)N[C@@H](CO)c2ccccc2)c1. The van der Waals surface area contributed by atoms with Crippen LogP contribution in [-0.4, -0.2) is 20.1 Å². The Morgan fingerprint density at radius 1 is 1.32 bits per heavy atom. The van der Waals surface area contributed by atoms with Gasteiger partial charge in [0.15, 0.2) is 0 Å². The summed E-state index contributed by atoms with van der Waals surface area (Å²) in [4.78, 5) is 0. The summed E-state index contributed by atoms with van der Waals surface area (Å²) in [6.07, 6.45) is 0. The van der Waals surface area contributed by atoms with Crippen LogP contribution >= 0.6 is 11.3 Å². The number of nitrogens with one attached hydrogen (secondary N) is 1. The molecule has 0 saturated heterocycles. The zero-order valence-electron chi connectivity index (χ0n) is 9.98. The number of nitrogen functional groups attached to an aromatic ring is 1. The Morgan fingerprint density at radius 3 is 2.53 bits per heavy atom. The first-order valence-corrected chi connectivity index (χ1v) is 7.91. The molecule has 5 nitrogen and oxygen atoms in total. The summed E-state index contributed by atoms with van der Waals surface area (Å²) in [5.41, 5.74) is 6.63. The molecule has 4 N–H and O–H groups in total. The topological polar surface area (TPSA) is 92.4 Å². The molecule has 0 fully saturated rings. The zero-order valence-corrected chi connectivity index (χ0v) is 11.6. The highest BCUT2D eigenvalue weighted by molar-refractivity contribution is 7.91. The molecule has 0 aliphatic carbocycles. The molecule has 2 rings (SSSR count). The highest BCUT2D eigenvalue weighted by Gasteiger charge is 2.22. The predicted molar refractivity (Wildman–Crippen MR) is 75.3 cm³/mol. The number of anilines is 1. The Morgan fingerprint density at radius 2 is 2.00 bits per heavy atom. The average molecular weight is 298 g/mol. The van der Waals surface area contributed by atoms with E-state index in [4.69, 9.17) is 5.73 Å². The first kappa shape index (κ1) is 14.0. The van der Waals surface area contributed by atoms with E-state index in [1.54, 1.807) is 29.6 Å². The van der Waals surface area contributed by atoms with Crippen molar-refractivity contribution in [2.24, 2.45) is 0 Å². The van der Waals surface area contributed by atoms with Gasteiger partial charge in [0.05, 0.1) is 12.6 Å². The number of sulfonamides is 1. The van der Waals surface area contributed by atoms with Gasteiger partial charge in [0, 0.05) is 11.1 Å². The van der Waals surface area contributed by atoms with E-state index in [1.807, 2.05) is 6.07 Å². The van der Waals surface area contributed by atoms with Gasteiger partial charge < -0.3 is 10.8 Å². The van der Waals surface area contributed by atoms with E-state index >= 15 is 0 Å². The van der Waals surface area contributed by atoms with Crippen molar-refractivity contribution in [3.63, 3.8) is 0 Å². The van der Waals surface area contributed by atoms with E-state index in [-0.39, 0.29) is 10.8 Å². The van der Waals surface area contributed by atoms with Crippen LogP contribution in [0, 0.1) is 0 Å². The van der Waals surface area contributed by atoms with Crippen molar-refractivity contribution in [3.8, 4) is 0 Å². The van der Waals surface area contributed by atoms with Crippen molar-refractivity contribution in [2.45, 2.75) is 10.3 Å². The molecule has 102 valence electrons. The first-order valence-electron chi connectivity index (χ1n) is 5.55. The molecule has 0 aliphatic heterocycles. The average Bonchev–Trinajstić information content (AvgIpc) is 2.85.